The molecule has 0 aliphatic rings. The monoisotopic (exact) mass is 328 g/mol. The third-order valence-corrected chi connectivity index (χ3v) is 4.17. The first kappa shape index (κ1) is 15.4. The highest BCUT2D eigenvalue weighted by Gasteiger charge is 2.10. The summed E-state index contributed by atoms with van der Waals surface area (Å²) in [7, 11) is 1.34. The second kappa shape index (κ2) is 6.70. The summed E-state index contributed by atoms with van der Waals surface area (Å²) in [5.74, 6) is 1.18. The summed E-state index contributed by atoms with van der Waals surface area (Å²) in [6.07, 6.45) is 2.38. The van der Waals surface area contributed by atoms with Crippen molar-refractivity contribution < 1.29 is 9.53 Å². The Labute approximate surface area is 137 Å². The van der Waals surface area contributed by atoms with Gasteiger partial charge in [-0.25, -0.2) is 19.7 Å². The number of anilines is 1. The van der Waals surface area contributed by atoms with Crippen LogP contribution in [0.25, 0.3) is 10.2 Å². The van der Waals surface area contributed by atoms with Gasteiger partial charge in [0, 0.05) is 19.2 Å². The molecule has 0 bridgehead atoms. The molecule has 0 spiro atoms. The predicted octanol–water partition coefficient (Wildman–Crippen LogP) is 3.05. The number of methoxy groups -OCH3 is 1. The fraction of sp³-hybridized carbons (Fsp3) is 0.250. The highest BCUT2D eigenvalue weighted by Crippen LogP contribution is 2.25. The maximum absolute atomic E-state index is 11.5. The minimum absolute atomic E-state index is 0.296. The van der Waals surface area contributed by atoms with E-state index in [2.05, 4.69) is 20.3 Å². The van der Waals surface area contributed by atoms with Crippen LogP contribution in [0.5, 0.6) is 0 Å². The number of carbonyl (C=O) groups excluding carboxylic acids is 1. The Morgan fingerprint density at radius 3 is 3.00 bits per heavy atom. The van der Waals surface area contributed by atoms with Crippen LogP contribution >= 0.6 is 11.3 Å². The van der Waals surface area contributed by atoms with Gasteiger partial charge in [0.05, 0.1) is 12.5 Å². The SMILES string of the molecule is CCc1nc(NCc2ccnc(C(=O)OC)c2)c2ccsc2n1. The lowest BCUT2D eigenvalue weighted by Gasteiger charge is -2.09. The number of ether oxygens (including phenoxy) is 1. The van der Waals surface area contributed by atoms with Gasteiger partial charge in [-0.15, -0.1) is 11.3 Å². The molecule has 6 nitrogen and oxygen atoms in total. The largest absolute Gasteiger partial charge is 0.464 e. The Morgan fingerprint density at radius 2 is 2.22 bits per heavy atom. The first-order chi connectivity index (χ1) is 11.2. The van der Waals surface area contributed by atoms with Crippen LogP contribution in [-0.4, -0.2) is 28.0 Å². The Bertz CT molecular complexity index is 847. The standard InChI is InChI=1S/C16H16N4O2S/c1-3-13-19-14(11-5-7-23-15(11)20-13)18-9-10-4-6-17-12(8-10)16(21)22-2/h4-8H,3,9H2,1-2H3,(H,18,19,20). The lowest BCUT2D eigenvalue weighted by Crippen LogP contribution is -2.08. The number of nitrogens with zero attached hydrogens (tertiary/aromatic N) is 3. The first-order valence-electron chi connectivity index (χ1n) is 7.22. The molecule has 0 unspecified atom stereocenters. The van der Waals surface area contributed by atoms with Crippen molar-refractivity contribution in [2.45, 2.75) is 19.9 Å². The zero-order chi connectivity index (χ0) is 16.2. The number of pyridine rings is 1. The molecule has 3 heterocycles. The number of hydrogen-bond donors (Lipinski definition) is 1. The lowest BCUT2D eigenvalue weighted by atomic mass is 10.2. The molecule has 7 heteroatoms. The summed E-state index contributed by atoms with van der Waals surface area (Å²) in [6, 6.07) is 5.58. The summed E-state index contributed by atoms with van der Waals surface area (Å²) in [6.45, 7) is 2.57. The summed E-state index contributed by atoms with van der Waals surface area (Å²) in [5.41, 5.74) is 1.23. The molecule has 0 saturated carbocycles. The van der Waals surface area contributed by atoms with E-state index in [9.17, 15) is 4.79 Å². The van der Waals surface area contributed by atoms with E-state index in [1.807, 2.05) is 24.4 Å². The van der Waals surface area contributed by atoms with E-state index in [1.54, 1.807) is 23.6 Å². The van der Waals surface area contributed by atoms with Crippen molar-refractivity contribution in [1.82, 2.24) is 15.0 Å². The fourth-order valence-electron chi connectivity index (χ4n) is 2.18. The molecule has 118 valence electrons. The minimum Gasteiger partial charge on any atom is -0.464 e. The van der Waals surface area contributed by atoms with Crippen molar-refractivity contribution >= 4 is 33.3 Å². The smallest absolute Gasteiger partial charge is 0.356 e. The van der Waals surface area contributed by atoms with Gasteiger partial charge in [0.15, 0.2) is 0 Å². The number of esters is 1. The number of nitrogens with one attached hydrogen (secondary N) is 1. The van der Waals surface area contributed by atoms with E-state index >= 15 is 0 Å². The highest BCUT2D eigenvalue weighted by atomic mass is 32.1. The van der Waals surface area contributed by atoms with Gasteiger partial charge < -0.3 is 10.1 Å². The average Bonchev–Trinajstić information content (AvgIpc) is 3.07. The summed E-state index contributed by atoms with van der Waals surface area (Å²) in [5, 5.41) is 6.34. The molecular formula is C16H16N4O2S. The van der Waals surface area contributed by atoms with Crippen LogP contribution in [-0.2, 0) is 17.7 Å². The van der Waals surface area contributed by atoms with Gasteiger partial charge in [-0.3, -0.25) is 0 Å². The first-order valence-corrected chi connectivity index (χ1v) is 8.10. The van der Waals surface area contributed by atoms with E-state index < -0.39 is 5.97 Å². The zero-order valence-corrected chi connectivity index (χ0v) is 13.7. The Kier molecular flexibility index (Phi) is 4.47. The van der Waals surface area contributed by atoms with Gasteiger partial charge in [-0.05, 0) is 29.1 Å². The van der Waals surface area contributed by atoms with Crippen LogP contribution in [0.2, 0.25) is 0 Å². The van der Waals surface area contributed by atoms with Gasteiger partial charge in [0.25, 0.3) is 0 Å². The Balaban J connectivity index is 1.83. The Hall–Kier alpha value is -2.54. The second-order valence-electron chi connectivity index (χ2n) is 4.88. The van der Waals surface area contributed by atoms with Gasteiger partial charge in [0.2, 0.25) is 0 Å². The topological polar surface area (TPSA) is 77.0 Å². The average molecular weight is 328 g/mol. The second-order valence-corrected chi connectivity index (χ2v) is 5.77. The van der Waals surface area contributed by atoms with Crippen molar-refractivity contribution in [2.75, 3.05) is 12.4 Å². The van der Waals surface area contributed by atoms with E-state index in [1.165, 1.54) is 7.11 Å². The molecule has 0 aliphatic heterocycles. The molecule has 0 aromatic carbocycles. The van der Waals surface area contributed by atoms with Crippen LogP contribution in [0.1, 0.15) is 28.8 Å². The Morgan fingerprint density at radius 1 is 1.35 bits per heavy atom. The lowest BCUT2D eigenvalue weighted by molar-refractivity contribution is 0.0594. The third kappa shape index (κ3) is 3.29. The molecule has 3 aromatic heterocycles. The van der Waals surface area contributed by atoms with Crippen molar-refractivity contribution in [3.05, 3.63) is 46.9 Å². The molecule has 0 radical (unpaired) electrons. The molecule has 0 atom stereocenters. The molecule has 3 aromatic rings. The van der Waals surface area contributed by atoms with Crippen LogP contribution < -0.4 is 5.32 Å². The molecule has 0 amide bonds. The molecule has 3 rings (SSSR count). The summed E-state index contributed by atoms with van der Waals surface area (Å²) >= 11 is 1.60. The van der Waals surface area contributed by atoms with Gasteiger partial charge in [0.1, 0.15) is 22.2 Å². The zero-order valence-electron chi connectivity index (χ0n) is 12.9. The van der Waals surface area contributed by atoms with Gasteiger partial charge in [-0.1, -0.05) is 6.92 Å². The number of hydrogen-bond acceptors (Lipinski definition) is 7. The highest BCUT2D eigenvalue weighted by molar-refractivity contribution is 7.16. The fourth-order valence-corrected chi connectivity index (χ4v) is 2.96. The minimum atomic E-state index is -0.442. The normalized spacial score (nSPS) is 10.7. The summed E-state index contributed by atoms with van der Waals surface area (Å²) < 4.78 is 4.69. The van der Waals surface area contributed by atoms with E-state index in [4.69, 9.17) is 4.74 Å². The molecule has 1 N–H and O–H groups in total. The molecule has 0 fully saturated rings. The summed E-state index contributed by atoms with van der Waals surface area (Å²) in [4.78, 5) is 25.6. The van der Waals surface area contributed by atoms with Crippen molar-refractivity contribution in [1.29, 1.82) is 0 Å². The number of aryl methyl sites for hydroxylation is 1. The van der Waals surface area contributed by atoms with Crippen molar-refractivity contribution in [2.24, 2.45) is 0 Å². The van der Waals surface area contributed by atoms with Crippen molar-refractivity contribution in [3.63, 3.8) is 0 Å². The van der Waals surface area contributed by atoms with E-state index in [0.29, 0.717) is 12.2 Å². The van der Waals surface area contributed by atoms with Crippen LogP contribution in [0, 0.1) is 0 Å². The number of rotatable bonds is 5. The van der Waals surface area contributed by atoms with Crippen LogP contribution in [0.15, 0.2) is 29.8 Å². The number of carbonyl (C=O) groups is 1. The quantitative estimate of drug-likeness (QED) is 0.725. The number of fused-ring (bicyclic) bond motifs is 1. The number of thiophene rings is 1. The van der Waals surface area contributed by atoms with Gasteiger partial charge in [-0.2, -0.15) is 0 Å². The molecule has 0 aliphatic carbocycles. The maximum atomic E-state index is 11.5. The maximum Gasteiger partial charge on any atom is 0.356 e. The van der Waals surface area contributed by atoms with Crippen molar-refractivity contribution in [3.8, 4) is 0 Å². The van der Waals surface area contributed by atoms with Gasteiger partial charge >= 0.3 is 5.97 Å². The molecular weight excluding hydrogens is 312 g/mol. The van der Waals surface area contributed by atoms with Crippen LogP contribution in [0.4, 0.5) is 5.82 Å². The van der Waals surface area contributed by atoms with E-state index in [-0.39, 0.29) is 0 Å². The van der Waals surface area contributed by atoms with E-state index in [0.717, 1.165) is 33.8 Å². The number of aromatic nitrogens is 3. The molecule has 23 heavy (non-hydrogen) atoms. The van der Waals surface area contributed by atoms with Crippen LogP contribution in [0.3, 0.4) is 0 Å². The third-order valence-electron chi connectivity index (χ3n) is 3.37. The predicted molar refractivity (Wildman–Crippen MR) is 89.7 cm³/mol. The molecule has 0 saturated heterocycles.